The van der Waals surface area contributed by atoms with Crippen molar-refractivity contribution in [1.82, 2.24) is 10.7 Å². The van der Waals surface area contributed by atoms with Gasteiger partial charge in [0, 0.05) is 25.3 Å². The number of para-hydroxylation sites is 1. The van der Waals surface area contributed by atoms with Gasteiger partial charge >= 0.3 is 0 Å². The lowest BCUT2D eigenvalue weighted by Crippen LogP contribution is -2.40. The molecule has 2 N–H and O–H groups in total. The Morgan fingerprint density at radius 1 is 1.48 bits per heavy atom. The minimum atomic E-state index is -0.235. The highest BCUT2D eigenvalue weighted by atomic mass is 16.5. The summed E-state index contributed by atoms with van der Waals surface area (Å²) in [4.78, 5) is 23.1. The predicted molar refractivity (Wildman–Crippen MR) is 83.5 cm³/mol. The van der Waals surface area contributed by atoms with Crippen molar-refractivity contribution in [2.45, 2.75) is 19.3 Å². The van der Waals surface area contributed by atoms with E-state index >= 15 is 0 Å². The molecule has 0 saturated heterocycles. The van der Waals surface area contributed by atoms with Crippen molar-refractivity contribution >= 4 is 17.5 Å². The van der Waals surface area contributed by atoms with Crippen molar-refractivity contribution in [3.8, 4) is 11.5 Å². The maximum Gasteiger partial charge on any atom is 0.267 e. The molecule has 2 aliphatic rings. The average molecular weight is 317 g/mol. The molecular formula is C16H19N3O4. The standard InChI is InChI=1S/C16H19N3O4/c1-22-13-4-2-3-11-7-10(9-23-15(11)13)8-17-16(21)12-5-6-14(20)19-18-12/h2-4,10H,5-9H2,1H3,(H,17,21)(H,19,20)/t10-/m1/s1. The zero-order valence-electron chi connectivity index (χ0n) is 12.9. The molecular weight excluding hydrogens is 298 g/mol. The van der Waals surface area contributed by atoms with Gasteiger partial charge in [-0.1, -0.05) is 12.1 Å². The summed E-state index contributed by atoms with van der Waals surface area (Å²) in [6.07, 6.45) is 1.49. The summed E-state index contributed by atoms with van der Waals surface area (Å²) in [5, 5.41) is 6.65. The van der Waals surface area contributed by atoms with E-state index in [-0.39, 0.29) is 17.7 Å². The summed E-state index contributed by atoms with van der Waals surface area (Å²) >= 11 is 0. The largest absolute Gasteiger partial charge is 0.493 e. The number of hydrogen-bond acceptors (Lipinski definition) is 5. The van der Waals surface area contributed by atoms with Crippen LogP contribution in [0.1, 0.15) is 18.4 Å². The van der Waals surface area contributed by atoms with Gasteiger partial charge in [0.05, 0.1) is 13.7 Å². The Balaban J connectivity index is 1.56. The highest BCUT2D eigenvalue weighted by molar-refractivity contribution is 6.39. The summed E-state index contributed by atoms with van der Waals surface area (Å²) in [6.45, 7) is 1.03. The number of hydrogen-bond donors (Lipinski definition) is 2. The molecule has 7 nitrogen and oxygen atoms in total. The van der Waals surface area contributed by atoms with Crippen LogP contribution in [0.5, 0.6) is 11.5 Å². The highest BCUT2D eigenvalue weighted by Gasteiger charge is 2.24. The number of amides is 2. The second-order valence-electron chi connectivity index (χ2n) is 5.63. The molecule has 23 heavy (non-hydrogen) atoms. The Labute approximate surface area is 134 Å². The molecule has 1 aromatic rings. The molecule has 0 spiro atoms. The summed E-state index contributed by atoms with van der Waals surface area (Å²) in [5.74, 6) is 1.32. The Bertz CT molecular complexity index is 657. The van der Waals surface area contributed by atoms with Crippen LogP contribution in [0.3, 0.4) is 0 Å². The van der Waals surface area contributed by atoms with Crippen LogP contribution in [0.25, 0.3) is 0 Å². The first-order valence-electron chi connectivity index (χ1n) is 7.59. The van der Waals surface area contributed by atoms with Crippen molar-refractivity contribution in [1.29, 1.82) is 0 Å². The molecule has 1 atom stereocenters. The van der Waals surface area contributed by atoms with Crippen molar-refractivity contribution < 1.29 is 19.1 Å². The molecule has 7 heteroatoms. The monoisotopic (exact) mass is 317 g/mol. The Hall–Kier alpha value is -2.57. The van der Waals surface area contributed by atoms with Crippen LogP contribution in [0.2, 0.25) is 0 Å². The van der Waals surface area contributed by atoms with Gasteiger partial charge in [0.1, 0.15) is 5.71 Å². The maximum absolute atomic E-state index is 12.0. The number of carbonyl (C=O) groups is 2. The molecule has 122 valence electrons. The molecule has 3 rings (SSSR count). The minimum Gasteiger partial charge on any atom is -0.493 e. The van der Waals surface area contributed by atoms with Crippen LogP contribution in [0, 0.1) is 5.92 Å². The van der Waals surface area contributed by atoms with Crippen molar-refractivity contribution in [2.24, 2.45) is 11.0 Å². The molecule has 2 amide bonds. The van der Waals surface area contributed by atoms with Gasteiger partial charge in [-0.05, 0) is 18.1 Å². The number of carbonyl (C=O) groups excluding carboxylic acids is 2. The van der Waals surface area contributed by atoms with Gasteiger partial charge in [0.15, 0.2) is 11.5 Å². The second kappa shape index (κ2) is 6.68. The number of benzene rings is 1. The smallest absolute Gasteiger partial charge is 0.267 e. The van der Waals surface area contributed by atoms with Gasteiger partial charge in [-0.3, -0.25) is 9.59 Å². The van der Waals surface area contributed by atoms with Gasteiger partial charge in [-0.15, -0.1) is 0 Å². The third kappa shape index (κ3) is 3.44. The van der Waals surface area contributed by atoms with Gasteiger partial charge in [0.2, 0.25) is 5.91 Å². The number of nitrogens with one attached hydrogen (secondary N) is 2. The Morgan fingerprint density at radius 3 is 3.09 bits per heavy atom. The number of methoxy groups -OCH3 is 1. The van der Waals surface area contributed by atoms with Crippen LogP contribution in [0.15, 0.2) is 23.3 Å². The summed E-state index contributed by atoms with van der Waals surface area (Å²) in [7, 11) is 1.62. The normalized spacial score (nSPS) is 19.8. The van der Waals surface area contributed by atoms with E-state index in [9.17, 15) is 9.59 Å². The molecule has 0 aliphatic carbocycles. The molecule has 1 aromatic carbocycles. The topological polar surface area (TPSA) is 89.0 Å². The highest BCUT2D eigenvalue weighted by Crippen LogP contribution is 2.35. The fourth-order valence-corrected chi connectivity index (χ4v) is 2.73. The van der Waals surface area contributed by atoms with Crippen molar-refractivity contribution in [3.63, 3.8) is 0 Å². The lowest BCUT2D eigenvalue weighted by molar-refractivity contribution is -0.121. The van der Waals surface area contributed by atoms with E-state index in [0.29, 0.717) is 31.7 Å². The lowest BCUT2D eigenvalue weighted by atomic mass is 9.96. The van der Waals surface area contributed by atoms with Crippen LogP contribution < -0.4 is 20.2 Å². The molecule has 0 saturated carbocycles. The number of rotatable bonds is 4. The first-order valence-corrected chi connectivity index (χ1v) is 7.59. The molecule has 0 aromatic heterocycles. The van der Waals surface area contributed by atoms with Crippen molar-refractivity contribution in [3.05, 3.63) is 23.8 Å². The molecule has 0 bridgehead atoms. The Morgan fingerprint density at radius 2 is 2.35 bits per heavy atom. The maximum atomic E-state index is 12.0. The lowest BCUT2D eigenvalue weighted by Gasteiger charge is -2.26. The third-order valence-electron chi connectivity index (χ3n) is 3.97. The number of fused-ring (bicyclic) bond motifs is 1. The summed E-state index contributed by atoms with van der Waals surface area (Å²) in [6, 6.07) is 5.81. The van der Waals surface area contributed by atoms with Crippen LogP contribution >= 0.6 is 0 Å². The number of nitrogens with zero attached hydrogens (tertiary/aromatic N) is 1. The first-order chi connectivity index (χ1) is 11.2. The van der Waals surface area contributed by atoms with E-state index in [4.69, 9.17) is 9.47 Å². The molecule has 2 heterocycles. The fourth-order valence-electron chi connectivity index (χ4n) is 2.73. The van der Waals surface area contributed by atoms with Gasteiger partial charge < -0.3 is 14.8 Å². The zero-order chi connectivity index (χ0) is 16.2. The van der Waals surface area contributed by atoms with E-state index in [2.05, 4.69) is 15.8 Å². The van der Waals surface area contributed by atoms with Crippen LogP contribution in [0.4, 0.5) is 0 Å². The Kier molecular flexibility index (Phi) is 4.45. The number of ether oxygens (including phenoxy) is 2. The summed E-state index contributed by atoms with van der Waals surface area (Å²) in [5.41, 5.74) is 3.77. The second-order valence-corrected chi connectivity index (χ2v) is 5.63. The van der Waals surface area contributed by atoms with Gasteiger partial charge in [0.25, 0.3) is 5.91 Å². The zero-order valence-corrected chi connectivity index (χ0v) is 12.9. The van der Waals surface area contributed by atoms with E-state index in [0.717, 1.165) is 23.5 Å². The van der Waals surface area contributed by atoms with E-state index < -0.39 is 0 Å². The van der Waals surface area contributed by atoms with Gasteiger partial charge in [-0.2, -0.15) is 5.10 Å². The van der Waals surface area contributed by atoms with E-state index in [1.165, 1.54) is 0 Å². The quantitative estimate of drug-likeness (QED) is 0.852. The van der Waals surface area contributed by atoms with E-state index in [1.54, 1.807) is 7.11 Å². The number of hydrazone groups is 1. The molecule has 0 fully saturated rings. The van der Waals surface area contributed by atoms with Crippen molar-refractivity contribution in [2.75, 3.05) is 20.3 Å². The minimum absolute atomic E-state index is 0.159. The molecule has 0 radical (unpaired) electrons. The van der Waals surface area contributed by atoms with Crippen LogP contribution in [-0.2, 0) is 16.0 Å². The van der Waals surface area contributed by atoms with Gasteiger partial charge in [-0.25, -0.2) is 5.43 Å². The third-order valence-corrected chi connectivity index (χ3v) is 3.97. The predicted octanol–water partition coefficient (Wildman–Crippen LogP) is 0.628. The van der Waals surface area contributed by atoms with Crippen LogP contribution in [-0.4, -0.2) is 37.8 Å². The molecule has 2 aliphatic heterocycles. The average Bonchev–Trinajstić information content (AvgIpc) is 2.59. The SMILES string of the molecule is COc1cccc2c1OC[C@@H](CNC(=O)C1=NNC(=O)CC1)C2. The summed E-state index contributed by atoms with van der Waals surface area (Å²) < 4.78 is 11.1. The fraction of sp³-hybridized carbons (Fsp3) is 0.438. The first kappa shape index (κ1) is 15.3. The van der Waals surface area contributed by atoms with E-state index in [1.807, 2.05) is 18.2 Å². The molecule has 0 unspecified atom stereocenters.